The second kappa shape index (κ2) is 21.2. The number of aliphatic imine (C=N–C) groups is 1. The molecule has 0 fully saturated rings. The molecule has 5 amide bonds. The monoisotopic (exact) mass is 630 g/mol. The topological polar surface area (TPSA) is 351 Å². The molecule has 44 heavy (non-hydrogen) atoms. The number of carbonyl (C=O) groups excluding carboxylic acids is 5. The van der Waals surface area contributed by atoms with E-state index in [4.69, 9.17) is 33.8 Å². The number of amides is 5. The van der Waals surface area contributed by atoms with Gasteiger partial charge in [-0.05, 0) is 58.4 Å². The van der Waals surface area contributed by atoms with E-state index in [1.165, 1.54) is 6.92 Å². The fourth-order valence-corrected chi connectivity index (χ4v) is 3.72. The summed E-state index contributed by atoms with van der Waals surface area (Å²) < 4.78 is 0. The Hall–Kier alpha value is -4.52. The molecule has 0 bridgehead atoms. The Kier molecular flexibility index (Phi) is 19.0. The van der Waals surface area contributed by atoms with Gasteiger partial charge in [0, 0.05) is 19.4 Å². The van der Waals surface area contributed by atoms with Crippen LogP contribution < -0.4 is 49.9 Å². The van der Waals surface area contributed by atoms with Crippen LogP contribution in [-0.4, -0.2) is 101 Å². The maximum Gasteiger partial charge on any atom is 0.326 e. The minimum atomic E-state index is -1.39. The SMILES string of the molecule is C[C@H](NC(=O)[C@H](CCCCN)NC(=O)[C@@H](N)CCC(=O)O)C(=O)N[C@@H](CCC(N)=O)C(=O)N[C@@H](CCCN=C(N)N)C(=O)O. The fourth-order valence-electron chi connectivity index (χ4n) is 3.72. The number of guanidine groups is 1. The molecule has 0 heterocycles. The molecular formula is C25H46N10O9. The van der Waals surface area contributed by atoms with Gasteiger partial charge in [-0.2, -0.15) is 0 Å². The van der Waals surface area contributed by atoms with E-state index >= 15 is 0 Å². The van der Waals surface area contributed by atoms with E-state index in [0.717, 1.165) is 0 Å². The molecule has 0 aliphatic carbocycles. The third-order valence-corrected chi connectivity index (χ3v) is 6.21. The molecule has 0 aromatic rings. The van der Waals surface area contributed by atoms with E-state index in [2.05, 4.69) is 26.3 Å². The maximum atomic E-state index is 13.0. The van der Waals surface area contributed by atoms with Crippen molar-refractivity contribution in [2.45, 2.75) is 94.9 Å². The molecule has 0 rings (SSSR count). The van der Waals surface area contributed by atoms with Crippen LogP contribution >= 0.6 is 0 Å². The van der Waals surface area contributed by atoms with Crippen LogP contribution in [0.25, 0.3) is 0 Å². The smallest absolute Gasteiger partial charge is 0.326 e. The quantitative estimate of drug-likeness (QED) is 0.0289. The van der Waals surface area contributed by atoms with Crippen molar-refractivity contribution in [3.63, 3.8) is 0 Å². The predicted octanol–water partition coefficient (Wildman–Crippen LogP) is -4.33. The molecule has 5 atom stereocenters. The Bertz CT molecular complexity index is 1040. The van der Waals surface area contributed by atoms with Crippen molar-refractivity contribution in [1.82, 2.24) is 21.3 Å². The first-order valence-electron chi connectivity index (χ1n) is 14.0. The first-order valence-corrected chi connectivity index (χ1v) is 14.0. The van der Waals surface area contributed by atoms with Gasteiger partial charge in [0.05, 0.1) is 6.04 Å². The normalized spacial score (nSPS) is 14.1. The van der Waals surface area contributed by atoms with Crippen molar-refractivity contribution in [3.8, 4) is 0 Å². The summed E-state index contributed by atoms with van der Waals surface area (Å²) in [7, 11) is 0. The lowest BCUT2D eigenvalue weighted by molar-refractivity contribution is -0.142. The highest BCUT2D eigenvalue weighted by molar-refractivity contribution is 5.95. The summed E-state index contributed by atoms with van der Waals surface area (Å²) >= 11 is 0. The highest BCUT2D eigenvalue weighted by Crippen LogP contribution is 2.06. The van der Waals surface area contributed by atoms with Gasteiger partial charge in [-0.25, -0.2) is 4.79 Å². The van der Waals surface area contributed by atoms with Gasteiger partial charge in [0.15, 0.2) is 5.96 Å². The largest absolute Gasteiger partial charge is 0.481 e. The number of nitrogens with zero attached hydrogens (tertiary/aromatic N) is 1. The molecular weight excluding hydrogens is 584 g/mol. The van der Waals surface area contributed by atoms with E-state index in [1.54, 1.807) is 0 Å². The summed E-state index contributed by atoms with van der Waals surface area (Å²) in [6.45, 7) is 1.74. The molecule has 0 saturated carbocycles. The number of hydrogen-bond donors (Lipinski definition) is 11. The van der Waals surface area contributed by atoms with Crippen LogP contribution in [0.15, 0.2) is 4.99 Å². The molecule has 0 aliphatic heterocycles. The van der Waals surface area contributed by atoms with Crippen LogP contribution in [0.1, 0.15) is 64.7 Å². The Morgan fingerprint density at radius 2 is 1.23 bits per heavy atom. The van der Waals surface area contributed by atoms with Crippen molar-refractivity contribution < 1.29 is 43.8 Å². The summed E-state index contributed by atoms with van der Waals surface area (Å²) in [5, 5.41) is 27.9. The lowest BCUT2D eigenvalue weighted by Crippen LogP contribution is -2.57. The van der Waals surface area contributed by atoms with Crippen molar-refractivity contribution in [2.75, 3.05) is 13.1 Å². The number of hydrogen-bond acceptors (Lipinski definition) is 10. The van der Waals surface area contributed by atoms with Gasteiger partial charge in [0.1, 0.15) is 24.2 Å². The van der Waals surface area contributed by atoms with Crippen LogP contribution in [-0.2, 0) is 33.6 Å². The summed E-state index contributed by atoms with van der Waals surface area (Å²) in [4.78, 5) is 88.9. The lowest BCUT2D eigenvalue weighted by atomic mass is 10.1. The highest BCUT2D eigenvalue weighted by Gasteiger charge is 2.30. The van der Waals surface area contributed by atoms with Gasteiger partial charge >= 0.3 is 11.9 Å². The van der Waals surface area contributed by atoms with Crippen LogP contribution in [0.4, 0.5) is 0 Å². The Labute approximate surface area is 254 Å². The van der Waals surface area contributed by atoms with Gasteiger partial charge < -0.3 is 60.1 Å². The molecule has 0 unspecified atom stereocenters. The van der Waals surface area contributed by atoms with Crippen molar-refractivity contribution in [1.29, 1.82) is 0 Å². The third kappa shape index (κ3) is 17.4. The fraction of sp³-hybridized carbons (Fsp3) is 0.680. The average molecular weight is 631 g/mol. The van der Waals surface area contributed by atoms with E-state index in [-0.39, 0.29) is 57.5 Å². The molecule has 16 N–H and O–H groups in total. The zero-order valence-electron chi connectivity index (χ0n) is 24.8. The van der Waals surface area contributed by atoms with Crippen LogP contribution in [0, 0.1) is 0 Å². The van der Waals surface area contributed by atoms with E-state index < -0.39 is 71.7 Å². The second-order valence-electron chi connectivity index (χ2n) is 10.0. The first-order chi connectivity index (χ1) is 20.6. The number of rotatable bonds is 23. The molecule has 19 heteroatoms. The van der Waals surface area contributed by atoms with Crippen LogP contribution in [0.2, 0.25) is 0 Å². The Morgan fingerprint density at radius 1 is 0.682 bits per heavy atom. The van der Waals surface area contributed by atoms with Gasteiger partial charge in [-0.1, -0.05) is 0 Å². The van der Waals surface area contributed by atoms with E-state index in [0.29, 0.717) is 19.4 Å². The Balaban J connectivity index is 5.51. The van der Waals surface area contributed by atoms with Crippen LogP contribution in [0.3, 0.4) is 0 Å². The van der Waals surface area contributed by atoms with Gasteiger partial charge in [-0.15, -0.1) is 0 Å². The highest BCUT2D eigenvalue weighted by atomic mass is 16.4. The number of nitrogens with two attached hydrogens (primary N) is 5. The van der Waals surface area contributed by atoms with Gasteiger partial charge in [0.2, 0.25) is 29.5 Å². The zero-order valence-corrected chi connectivity index (χ0v) is 24.8. The number of aliphatic carboxylic acids is 2. The molecule has 0 radical (unpaired) electrons. The third-order valence-electron chi connectivity index (χ3n) is 6.21. The molecule has 250 valence electrons. The Morgan fingerprint density at radius 3 is 1.77 bits per heavy atom. The van der Waals surface area contributed by atoms with Crippen molar-refractivity contribution in [3.05, 3.63) is 0 Å². The lowest BCUT2D eigenvalue weighted by Gasteiger charge is -2.25. The number of carbonyl (C=O) groups is 7. The molecule has 19 nitrogen and oxygen atoms in total. The van der Waals surface area contributed by atoms with Crippen molar-refractivity contribution >= 4 is 47.4 Å². The molecule has 0 spiro atoms. The minimum absolute atomic E-state index is 0.0436. The number of unbranched alkanes of at least 4 members (excludes halogenated alkanes) is 1. The van der Waals surface area contributed by atoms with E-state index in [9.17, 15) is 38.7 Å². The standard InChI is InChI=1S/C25H46N10O9/c1-13(32-22(41)15(5-2-3-11-26)34-21(40)14(27)7-10-19(37)38)20(39)33-16(8-9-18(28)36)23(42)35-17(24(43)44)6-4-12-31-25(29)30/h13-17H,2-12,26-27H2,1H3,(H2,28,36)(H,32,41)(H,33,39)(H,34,40)(H,35,42)(H,37,38)(H,43,44)(H4,29,30,31)/t13-,14-,15-,16-,17-/m0/s1. The number of carboxylic acids is 2. The summed E-state index contributed by atoms with van der Waals surface area (Å²) in [6, 6.07) is -6.33. The molecule has 0 aromatic carbocycles. The molecule has 0 saturated heterocycles. The minimum Gasteiger partial charge on any atom is -0.481 e. The van der Waals surface area contributed by atoms with Crippen LogP contribution in [0.5, 0.6) is 0 Å². The first kappa shape index (κ1) is 39.5. The molecule has 0 aliphatic rings. The summed E-state index contributed by atoms with van der Waals surface area (Å²) in [5.74, 6) is -6.73. The average Bonchev–Trinajstić information content (AvgIpc) is 2.93. The van der Waals surface area contributed by atoms with Gasteiger partial charge in [-0.3, -0.25) is 33.8 Å². The maximum absolute atomic E-state index is 13.0. The molecule has 0 aromatic heterocycles. The summed E-state index contributed by atoms with van der Waals surface area (Å²) in [6.07, 6.45) is 0.171. The predicted molar refractivity (Wildman–Crippen MR) is 157 cm³/mol. The zero-order chi connectivity index (χ0) is 33.8. The van der Waals surface area contributed by atoms with Crippen molar-refractivity contribution in [2.24, 2.45) is 33.7 Å². The van der Waals surface area contributed by atoms with E-state index in [1.807, 2.05) is 0 Å². The number of nitrogens with one attached hydrogen (secondary N) is 4. The second-order valence-corrected chi connectivity index (χ2v) is 10.0. The number of carboxylic acid groups (broad SMARTS) is 2. The number of primary amides is 1. The summed E-state index contributed by atoms with van der Waals surface area (Å²) in [5.41, 5.74) is 26.9. The van der Waals surface area contributed by atoms with Gasteiger partial charge in [0.25, 0.3) is 0 Å².